The van der Waals surface area contributed by atoms with Crippen molar-refractivity contribution in [1.82, 2.24) is 19.6 Å². The molecule has 2 N–H and O–H groups in total. The molecule has 0 radical (unpaired) electrons. The van der Waals surface area contributed by atoms with Crippen LogP contribution in [0.2, 0.25) is 0 Å². The van der Waals surface area contributed by atoms with E-state index >= 15 is 0 Å². The van der Waals surface area contributed by atoms with Gasteiger partial charge in [0.15, 0.2) is 0 Å². The predicted octanol–water partition coefficient (Wildman–Crippen LogP) is 2.90. The molecule has 3 fully saturated rings. The Hall–Kier alpha value is -1.11. The molecule has 7 heteroatoms. The molecule has 29 heavy (non-hydrogen) atoms. The van der Waals surface area contributed by atoms with Crippen LogP contribution >= 0.6 is 12.4 Å². The normalized spacial score (nSPS) is 30.5. The SMILES string of the molecule is CCCn1cc(CN2CCCN(C(=O)C3CC4CCCC(C3)C4N)CC2)cn1.Cl. The van der Waals surface area contributed by atoms with Gasteiger partial charge in [-0.2, -0.15) is 5.10 Å². The first-order valence-electron chi connectivity index (χ1n) is 11.4. The van der Waals surface area contributed by atoms with E-state index in [-0.39, 0.29) is 18.3 Å². The van der Waals surface area contributed by atoms with Gasteiger partial charge in [0.25, 0.3) is 0 Å². The van der Waals surface area contributed by atoms with E-state index in [9.17, 15) is 4.79 Å². The van der Waals surface area contributed by atoms with Crippen molar-refractivity contribution in [3.05, 3.63) is 18.0 Å². The van der Waals surface area contributed by atoms with Gasteiger partial charge in [-0.1, -0.05) is 13.3 Å². The van der Waals surface area contributed by atoms with Gasteiger partial charge in [0.2, 0.25) is 5.91 Å². The number of fused-ring (bicyclic) bond motifs is 2. The molecule has 6 nitrogen and oxygen atoms in total. The van der Waals surface area contributed by atoms with E-state index in [1.165, 1.54) is 24.8 Å². The summed E-state index contributed by atoms with van der Waals surface area (Å²) in [5.74, 6) is 1.77. The summed E-state index contributed by atoms with van der Waals surface area (Å²) < 4.78 is 2.04. The third-order valence-corrected chi connectivity index (χ3v) is 7.21. The Morgan fingerprint density at radius 1 is 1.14 bits per heavy atom. The van der Waals surface area contributed by atoms with Crippen LogP contribution in [0, 0.1) is 17.8 Å². The summed E-state index contributed by atoms with van der Waals surface area (Å²) >= 11 is 0. The van der Waals surface area contributed by atoms with Gasteiger partial charge in [0, 0.05) is 63.0 Å². The lowest BCUT2D eigenvalue weighted by Gasteiger charge is -2.44. The van der Waals surface area contributed by atoms with E-state index in [0.29, 0.717) is 23.8 Å². The summed E-state index contributed by atoms with van der Waals surface area (Å²) in [4.78, 5) is 17.9. The summed E-state index contributed by atoms with van der Waals surface area (Å²) in [6.07, 6.45) is 12.1. The van der Waals surface area contributed by atoms with Gasteiger partial charge < -0.3 is 10.6 Å². The second kappa shape index (κ2) is 10.3. The van der Waals surface area contributed by atoms with Crippen LogP contribution < -0.4 is 5.73 Å². The van der Waals surface area contributed by atoms with Crippen LogP contribution in [0.3, 0.4) is 0 Å². The molecule has 0 spiro atoms. The highest BCUT2D eigenvalue weighted by Gasteiger charge is 2.41. The Bertz CT molecular complexity index is 651. The number of nitrogens with zero attached hydrogens (tertiary/aromatic N) is 4. The lowest BCUT2D eigenvalue weighted by molar-refractivity contribution is -0.138. The minimum atomic E-state index is 0. The number of hydrogen-bond acceptors (Lipinski definition) is 4. The van der Waals surface area contributed by atoms with Crippen molar-refractivity contribution in [3.8, 4) is 0 Å². The number of rotatable bonds is 5. The second-order valence-corrected chi connectivity index (χ2v) is 9.26. The number of amides is 1. The van der Waals surface area contributed by atoms with Crippen LogP contribution in [0.15, 0.2) is 12.4 Å². The molecule has 2 saturated carbocycles. The van der Waals surface area contributed by atoms with Gasteiger partial charge in [-0.25, -0.2) is 0 Å². The van der Waals surface area contributed by atoms with E-state index in [4.69, 9.17) is 5.73 Å². The van der Waals surface area contributed by atoms with Crippen LogP contribution in [-0.2, 0) is 17.9 Å². The Morgan fingerprint density at radius 2 is 1.90 bits per heavy atom. The average molecular weight is 424 g/mol. The number of aryl methyl sites for hydroxylation is 1. The lowest BCUT2D eigenvalue weighted by Crippen LogP contribution is -2.50. The van der Waals surface area contributed by atoms with Gasteiger partial charge in [0.05, 0.1) is 6.20 Å². The Labute approximate surface area is 181 Å². The van der Waals surface area contributed by atoms with Crippen molar-refractivity contribution < 1.29 is 4.79 Å². The average Bonchev–Trinajstić information content (AvgIpc) is 2.97. The van der Waals surface area contributed by atoms with E-state index in [2.05, 4.69) is 28.0 Å². The third-order valence-electron chi connectivity index (χ3n) is 7.21. The maximum absolute atomic E-state index is 13.2. The molecule has 1 aromatic rings. The van der Waals surface area contributed by atoms with Gasteiger partial charge >= 0.3 is 0 Å². The molecule has 164 valence electrons. The van der Waals surface area contributed by atoms with Crippen LogP contribution in [0.1, 0.15) is 57.4 Å². The van der Waals surface area contributed by atoms with E-state index < -0.39 is 0 Å². The van der Waals surface area contributed by atoms with Crippen molar-refractivity contribution in [1.29, 1.82) is 0 Å². The smallest absolute Gasteiger partial charge is 0.225 e. The molecule has 0 aromatic carbocycles. The third kappa shape index (κ3) is 5.33. The molecule has 2 heterocycles. The number of hydrogen-bond donors (Lipinski definition) is 1. The van der Waals surface area contributed by atoms with E-state index in [0.717, 1.165) is 65.0 Å². The summed E-state index contributed by atoms with van der Waals surface area (Å²) in [5, 5.41) is 4.45. The van der Waals surface area contributed by atoms with Crippen molar-refractivity contribution in [3.63, 3.8) is 0 Å². The zero-order valence-corrected chi connectivity index (χ0v) is 18.7. The summed E-state index contributed by atoms with van der Waals surface area (Å²) in [5.41, 5.74) is 7.70. The Morgan fingerprint density at radius 3 is 2.62 bits per heavy atom. The molecule has 1 amide bonds. The van der Waals surface area contributed by atoms with Gasteiger partial charge in [0.1, 0.15) is 0 Å². The first kappa shape index (κ1) is 22.6. The van der Waals surface area contributed by atoms with Crippen LogP contribution in [0.5, 0.6) is 0 Å². The molecule has 2 unspecified atom stereocenters. The zero-order valence-electron chi connectivity index (χ0n) is 17.8. The van der Waals surface area contributed by atoms with Gasteiger partial charge in [-0.3, -0.25) is 14.4 Å². The van der Waals surface area contributed by atoms with Crippen LogP contribution in [0.4, 0.5) is 0 Å². The van der Waals surface area contributed by atoms with Crippen molar-refractivity contribution >= 4 is 18.3 Å². The molecule has 2 bridgehead atoms. The van der Waals surface area contributed by atoms with Crippen molar-refractivity contribution in [2.45, 2.75) is 71.0 Å². The highest BCUT2D eigenvalue weighted by Crippen LogP contribution is 2.42. The Balaban J connectivity index is 0.00000240. The number of carbonyl (C=O) groups is 1. The van der Waals surface area contributed by atoms with Gasteiger partial charge in [-0.05, 0) is 50.4 Å². The standard InChI is InChI=1S/C22H37N5O.ClH/c1-2-7-27-16-17(14-24-27)15-25-8-4-9-26(11-10-25)22(28)20-12-18-5-3-6-19(13-20)21(18)23;/h14,16,18-21H,2-13,15,23H2,1H3;1H. The Kier molecular flexibility index (Phi) is 7.99. The molecule has 1 aliphatic heterocycles. The zero-order chi connectivity index (χ0) is 19.5. The highest BCUT2D eigenvalue weighted by molar-refractivity contribution is 5.85. The first-order chi connectivity index (χ1) is 13.6. The number of carbonyl (C=O) groups excluding carboxylic acids is 1. The number of halogens is 1. The molecular formula is C22H38ClN5O. The minimum Gasteiger partial charge on any atom is -0.341 e. The highest BCUT2D eigenvalue weighted by atomic mass is 35.5. The largest absolute Gasteiger partial charge is 0.341 e. The monoisotopic (exact) mass is 423 g/mol. The van der Waals surface area contributed by atoms with Crippen LogP contribution in [-0.4, -0.2) is 57.7 Å². The maximum Gasteiger partial charge on any atom is 0.225 e. The summed E-state index contributed by atoms with van der Waals surface area (Å²) in [7, 11) is 0. The molecule has 2 atom stereocenters. The quantitative estimate of drug-likeness (QED) is 0.790. The number of nitrogens with two attached hydrogens (primary N) is 1. The fraction of sp³-hybridized carbons (Fsp3) is 0.818. The fourth-order valence-corrected chi connectivity index (χ4v) is 5.70. The fourth-order valence-electron chi connectivity index (χ4n) is 5.70. The van der Waals surface area contributed by atoms with Crippen molar-refractivity contribution in [2.24, 2.45) is 23.5 Å². The summed E-state index contributed by atoms with van der Waals surface area (Å²) in [6, 6.07) is 0.339. The number of aromatic nitrogens is 2. The topological polar surface area (TPSA) is 67.4 Å². The van der Waals surface area contributed by atoms with Gasteiger partial charge in [-0.15, -0.1) is 12.4 Å². The van der Waals surface area contributed by atoms with E-state index in [1.807, 2.05) is 10.9 Å². The molecule has 3 aliphatic rings. The van der Waals surface area contributed by atoms with Crippen molar-refractivity contribution in [2.75, 3.05) is 26.2 Å². The lowest BCUT2D eigenvalue weighted by atomic mass is 9.65. The molecule has 4 rings (SSSR count). The first-order valence-corrected chi connectivity index (χ1v) is 11.4. The predicted molar refractivity (Wildman–Crippen MR) is 118 cm³/mol. The second-order valence-electron chi connectivity index (χ2n) is 9.26. The maximum atomic E-state index is 13.2. The van der Waals surface area contributed by atoms with Crippen LogP contribution in [0.25, 0.3) is 0 Å². The summed E-state index contributed by atoms with van der Waals surface area (Å²) in [6.45, 7) is 7.88. The molecule has 1 aromatic heterocycles. The minimum absolute atomic E-state index is 0. The molecule has 1 saturated heterocycles. The van der Waals surface area contributed by atoms with E-state index in [1.54, 1.807) is 0 Å². The molecular weight excluding hydrogens is 386 g/mol. The molecule has 2 aliphatic carbocycles.